The molecular weight excluding hydrogens is 306 g/mol. The van der Waals surface area contributed by atoms with Crippen LogP contribution in [0.15, 0.2) is 17.3 Å². The van der Waals surface area contributed by atoms with Crippen molar-refractivity contribution in [3.05, 3.63) is 23.0 Å². The summed E-state index contributed by atoms with van der Waals surface area (Å²) in [5, 5.41) is 0.177. The van der Waals surface area contributed by atoms with Gasteiger partial charge in [-0.2, -0.15) is 0 Å². The molecule has 1 aliphatic heterocycles. The predicted molar refractivity (Wildman–Crippen MR) is 84.9 cm³/mol. The van der Waals surface area contributed by atoms with Gasteiger partial charge in [-0.15, -0.1) is 0 Å². The number of methoxy groups -OCH3 is 1. The smallest absolute Gasteiger partial charge is 0.340 e. The van der Waals surface area contributed by atoms with Gasteiger partial charge in [0, 0.05) is 6.20 Å². The number of morpholine rings is 1. The molecular formula is C15H20ClN3O3. The SMILES string of the molecule is COC(=O)c1ccnc(Cl)c1/N=C(\C)N1[C@H](C)COC[C@H]1C. The summed E-state index contributed by atoms with van der Waals surface area (Å²) in [7, 11) is 1.32. The molecule has 1 aromatic rings. The van der Waals surface area contributed by atoms with E-state index in [2.05, 4.69) is 28.7 Å². The number of esters is 1. The Kier molecular flexibility index (Phi) is 5.37. The molecule has 0 aromatic carbocycles. The van der Waals surface area contributed by atoms with Crippen molar-refractivity contribution < 1.29 is 14.3 Å². The first-order chi connectivity index (χ1) is 10.5. The average Bonchev–Trinajstić information content (AvgIpc) is 2.48. The van der Waals surface area contributed by atoms with Crippen LogP contribution in [0.4, 0.5) is 5.69 Å². The lowest BCUT2D eigenvalue weighted by Crippen LogP contribution is -2.51. The van der Waals surface area contributed by atoms with Crippen LogP contribution >= 0.6 is 11.6 Å². The summed E-state index contributed by atoms with van der Waals surface area (Å²) >= 11 is 6.12. The first kappa shape index (κ1) is 16.7. The molecule has 0 unspecified atom stereocenters. The number of hydrogen-bond donors (Lipinski definition) is 0. The molecule has 1 aliphatic rings. The highest BCUT2D eigenvalue weighted by Gasteiger charge is 2.27. The number of halogens is 1. The Hall–Kier alpha value is -1.66. The molecule has 0 aliphatic carbocycles. The maximum atomic E-state index is 11.9. The standard InChI is InChI=1S/C15H20ClN3O3/c1-9-7-22-8-10(2)19(9)11(3)18-13-12(15(20)21-4)5-6-17-14(13)16/h5-6,9-10H,7-8H2,1-4H3/b18-11+/t9-,10-/m1/s1. The number of rotatable bonds is 2. The van der Waals surface area contributed by atoms with Crippen LogP contribution in [0.25, 0.3) is 0 Å². The molecule has 0 saturated carbocycles. The van der Waals surface area contributed by atoms with E-state index in [0.29, 0.717) is 24.5 Å². The number of carbonyl (C=O) groups excluding carboxylic acids is 1. The van der Waals surface area contributed by atoms with Gasteiger partial charge in [-0.25, -0.2) is 14.8 Å². The molecule has 120 valence electrons. The Balaban J connectivity index is 2.41. The van der Waals surface area contributed by atoms with Crippen LogP contribution in [0, 0.1) is 0 Å². The monoisotopic (exact) mass is 325 g/mol. The summed E-state index contributed by atoms with van der Waals surface area (Å²) in [5.41, 5.74) is 0.634. The Morgan fingerprint density at radius 3 is 2.68 bits per heavy atom. The Bertz CT molecular complexity index is 581. The van der Waals surface area contributed by atoms with E-state index in [9.17, 15) is 4.79 Å². The van der Waals surface area contributed by atoms with Crippen molar-refractivity contribution in [2.75, 3.05) is 20.3 Å². The third kappa shape index (κ3) is 3.39. The van der Waals surface area contributed by atoms with Crippen LogP contribution < -0.4 is 0 Å². The third-order valence-electron chi connectivity index (χ3n) is 3.60. The van der Waals surface area contributed by atoms with Crippen LogP contribution in [0.1, 0.15) is 31.1 Å². The largest absolute Gasteiger partial charge is 0.465 e. The van der Waals surface area contributed by atoms with Crippen molar-refractivity contribution in [3.63, 3.8) is 0 Å². The molecule has 22 heavy (non-hydrogen) atoms. The lowest BCUT2D eigenvalue weighted by molar-refractivity contribution is -0.000883. The molecule has 0 radical (unpaired) electrons. The lowest BCUT2D eigenvalue weighted by Gasteiger charge is -2.40. The molecule has 0 amide bonds. The van der Waals surface area contributed by atoms with Gasteiger partial charge in [-0.05, 0) is 26.8 Å². The summed E-state index contributed by atoms with van der Waals surface area (Å²) < 4.78 is 10.3. The van der Waals surface area contributed by atoms with E-state index in [1.165, 1.54) is 13.3 Å². The minimum Gasteiger partial charge on any atom is -0.465 e. The second kappa shape index (κ2) is 7.07. The fourth-order valence-electron chi connectivity index (χ4n) is 2.67. The average molecular weight is 326 g/mol. The van der Waals surface area contributed by atoms with E-state index in [1.54, 1.807) is 6.07 Å². The third-order valence-corrected chi connectivity index (χ3v) is 3.88. The molecule has 1 saturated heterocycles. The minimum atomic E-state index is -0.487. The van der Waals surface area contributed by atoms with Crippen molar-refractivity contribution in [1.29, 1.82) is 0 Å². The molecule has 6 nitrogen and oxygen atoms in total. The van der Waals surface area contributed by atoms with Crippen molar-refractivity contribution in [2.45, 2.75) is 32.9 Å². The van der Waals surface area contributed by atoms with Crippen molar-refractivity contribution in [2.24, 2.45) is 4.99 Å². The summed E-state index contributed by atoms with van der Waals surface area (Å²) in [4.78, 5) is 22.6. The van der Waals surface area contributed by atoms with Gasteiger partial charge in [0.2, 0.25) is 0 Å². The number of aliphatic imine (C=N–C) groups is 1. The normalized spacial score (nSPS) is 22.6. The van der Waals surface area contributed by atoms with E-state index < -0.39 is 5.97 Å². The van der Waals surface area contributed by atoms with Crippen LogP contribution in [0.3, 0.4) is 0 Å². The van der Waals surface area contributed by atoms with Crippen LogP contribution in [-0.2, 0) is 9.47 Å². The van der Waals surface area contributed by atoms with Crippen LogP contribution in [0.2, 0.25) is 5.15 Å². The summed E-state index contributed by atoms with van der Waals surface area (Å²) in [6.45, 7) is 7.31. The van der Waals surface area contributed by atoms with Crippen molar-refractivity contribution >= 4 is 29.1 Å². The zero-order valence-electron chi connectivity index (χ0n) is 13.2. The Morgan fingerprint density at radius 1 is 1.45 bits per heavy atom. The molecule has 0 N–H and O–H groups in total. The quantitative estimate of drug-likeness (QED) is 0.362. The first-order valence-corrected chi connectivity index (χ1v) is 7.47. The highest BCUT2D eigenvalue weighted by Crippen LogP contribution is 2.28. The Morgan fingerprint density at radius 2 is 2.09 bits per heavy atom. The predicted octanol–water partition coefficient (Wildman–Crippen LogP) is 2.68. The van der Waals surface area contributed by atoms with Gasteiger partial charge in [-0.1, -0.05) is 11.6 Å². The number of pyridine rings is 1. The number of amidine groups is 1. The lowest BCUT2D eigenvalue weighted by atomic mass is 10.1. The minimum absolute atomic E-state index is 0.177. The molecule has 2 atom stereocenters. The number of hydrogen-bond acceptors (Lipinski definition) is 5. The molecule has 0 spiro atoms. The number of ether oxygens (including phenoxy) is 2. The maximum Gasteiger partial charge on any atom is 0.340 e. The molecule has 1 fully saturated rings. The van der Waals surface area contributed by atoms with Gasteiger partial charge < -0.3 is 14.4 Å². The number of carbonyl (C=O) groups is 1. The van der Waals surface area contributed by atoms with E-state index in [-0.39, 0.29) is 17.2 Å². The van der Waals surface area contributed by atoms with Gasteiger partial charge >= 0.3 is 5.97 Å². The van der Waals surface area contributed by atoms with E-state index >= 15 is 0 Å². The van der Waals surface area contributed by atoms with Gasteiger partial charge in [0.05, 0.1) is 38.0 Å². The topological polar surface area (TPSA) is 64.0 Å². The number of aromatic nitrogens is 1. The van der Waals surface area contributed by atoms with Gasteiger partial charge in [0.25, 0.3) is 0 Å². The second-order valence-electron chi connectivity index (χ2n) is 5.29. The fourth-order valence-corrected chi connectivity index (χ4v) is 2.87. The van der Waals surface area contributed by atoms with Crippen molar-refractivity contribution in [3.8, 4) is 0 Å². The fraction of sp³-hybridized carbons (Fsp3) is 0.533. The van der Waals surface area contributed by atoms with E-state index in [0.717, 1.165) is 5.84 Å². The zero-order valence-corrected chi connectivity index (χ0v) is 13.9. The van der Waals surface area contributed by atoms with E-state index in [4.69, 9.17) is 21.1 Å². The molecule has 7 heteroatoms. The highest BCUT2D eigenvalue weighted by molar-refractivity contribution is 6.32. The summed E-state index contributed by atoms with van der Waals surface area (Å²) in [6.07, 6.45) is 1.46. The first-order valence-electron chi connectivity index (χ1n) is 7.10. The van der Waals surface area contributed by atoms with Crippen LogP contribution in [0.5, 0.6) is 0 Å². The number of nitrogens with zero attached hydrogens (tertiary/aromatic N) is 3. The molecule has 0 bridgehead atoms. The van der Waals surface area contributed by atoms with E-state index in [1.807, 2.05) is 6.92 Å². The van der Waals surface area contributed by atoms with Gasteiger partial charge in [0.1, 0.15) is 11.5 Å². The van der Waals surface area contributed by atoms with Crippen molar-refractivity contribution in [1.82, 2.24) is 9.88 Å². The maximum absolute atomic E-state index is 11.9. The zero-order chi connectivity index (χ0) is 16.3. The summed E-state index contributed by atoms with van der Waals surface area (Å²) in [5.74, 6) is 0.280. The summed E-state index contributed by atoms with van der Waals surface area (Å²) in [6, 6.07) is 1.95. The molecule has 2 heterocycles. The second-order valence-corrected chi connectivity index (χ2v) is 5.65. The molecule has 1 aromatic heterocycles. The highest BCUT2D eigenvalue weighted by atomic mass is 35.5. The Labute approximate surface area is 135 Å². The van der Waals surface area contributed by atoms with Gasteiger partial charge in [0.15, 0.2) is 5.15 Å². The van der Waals surface area contributed by atoms with Gasteiger partial charge in [-0.3, -0.25) is 0 Å². The van der Waals surface area contributed by atoms with Crippen LogP contribution in [-0.4, -0.2) is 54.1 Å². The molecule has 2 rings (SSSR count).